The summed E-state index contributed by atoms with van der Waals surface area (Å²) in [7, 11) is 0. The highest BCUT2D eigenvalue weighted by Gasteiger charge is 2.11. The number of aliphatic hydroxyl groups is 1. The lowest BCUT2D eigenvalue weighted by molar-refractivity contribution is 0.289. The SMILES string of the molecule is CC(CCO)Sc1ccc(CNC(C)(C)C)cc1C#N. The van der Waals surface area contributed by atoms with Gasteiger partial charge in [-0.05, 0) is 44.9 Å². The smallest absolute Gasteiger partial charge is 0.100 e. The summed E-state index contributed by atoms with van der Waals surface area (Å²) in [6.45, 7) is 9.38. The minimum atomic E-state index is 0.0653. The molecule has 1 aromatic rings. The molecule has 0 saturated carbocycles. The van der Waals surface area contributed by atoms with Gasteiger partial charge in [0, 0.05) is 28.8 Å². The first kappa shape index (κ1) is 17.0. The fourth-order valence-corrected chi connectivity index (χ4v) is 2.74. The van der Waals surface area contributed by atoms with Crippen molar-refractivity contribution in [3.8, 4) is 6.07 Å². The van der Waals surface area contributed by atoms with Gasteiger partial charge in [0.15, 0.2) is 0 Å². The average Bonchev–Trinajstić information content (AvgIpc) is 2.37. The molecular weight excluding hydrogens is 268 g/mol. The van der Waals surface area contributed by atoms with Crippen molar-refractivity contribution in [2.75, 3.05) is 6.61 Å². The van der Waals surface area contributed by atoms with Crippen LogP contribution in [-0.4, -0.2) is 22.5 Å². The number of thioether (sulfide) groups is 1. The van der Waals surface area contributed by atoms with Gasteiger partial charge in [-0.3, -0.25) is 0 Å². The van der Waals surface area contributed by atoms with Crippen LogP contribution >= 0.6 is 11.8 Å². The highest BCUT2D eigenvalue weighted by atomic mass is 32.2. The molecule has 2 N–H and O–H groups in total. The standard InChI is InChI=1S/C16H24N2OS/c1-12(7-8-19)20-15-6-5-13(9-14(15)10-17)11-18-16(2,3)4/h5-6,9,12,18-19H,7-8,11H2,1-4H3. The van der Waals surface area contributed by atoms with Crippen LogP contribution < -0.4 is 5.32 Å². The molecule has 0 amide bonds. The number of aliphatic hydroxyl groups excluding tert-OH is 1. The zero-order valence-corrected chi connectivity index (χ0v) is 13.5. The van der Waals surface area contributed by atoms with Gasteiger partial charge in [-0.25, -0.2) is 0 Å². The lowest BCUT2D eigenvalue weighted by Crippen LogP contribution is -2.35. The van der Waals surface area contributed by atoms with Crippen molar-refractivity contribution in [2.45, 2.75) is 56.3 Å². The first-order valence-electron chi connectivity index (χ1n) is 6.91. The Hall–Kier alpha value is -1.02. The average molecular weight is 292 g/mol. The van der Waals surface area contributed by atoms with Gasteiger partial charge in [-0.1, -0.05) is 13.0 Å². The molecule has 1 aromatic carbocycles. The minimum Gasteiger partial charge on any atom is -0.396 e. The molecule has 0 spiro atoms. The lowest BCUT2D eigenvalue weighted by atomic mass is 10.1. The predicted molar refractivity (Wildman–Crippen MR) is 84.8 cm³/mol. The Balaban J connectivity index is 2.78. The van der Waals surface area contributed by atoms with Crippen LogP contribution in [0.2, 0.25) is 0 Å². The van der Waals surface area contributed by atoms with Crippen molar-refractivity contribution in [3.05, 3.63) is 29.3 Å². The Kier molecular flexibility index (Phi) is 6.54. The number of nitrogens with zero attached hydrogens (tertiary/aromatic N) is 1. The van der Waals surface area contributed by atoms with Crippen molar-refractivity contribution in [3.63, 3.8) is 0 Å². The number of nitriles is 1. The van der Waals surface area contributed by atoms with Crippen molar-refractivity contribution < 1.29 is 5.11 Å². The van der Waals surface area contributed by atoms with Gasteiger partial charge in [0.05, 0.1) is 5.56 Å². The minimum absolute atomic E-state index is 0.0653. The number of hydrogen-bond acceptors (Lipinski definition) is 4. The molecule has 0 radical (unpaired) electrons. The number of nitrogens with one attached hydrogen (secondary N) is 1. The Morgan fingerprint density at radius 1 is 1.40 bits per heavy atom. The highest BCUT2D eigenvalue weighted by molar-refractivity contribution is 8.00. The Morgan fingerprint density at radius 2 is 2.10 bits per heavy atom. The number of hydrogen-bond donors (Lipinski definition) is 2. The molecule has 4 heteroatoms. The molecule has 1 rings (SSSR count). The van der Waals surface area contributed by atoms with E-state index >= 15 is 0 Å². The topological polar surface area (TPSA) is 56.0 Å². The van der Waals surface area contributed by atoms with Crippen LogP contribution in [0, 0.1) is 11.3 Å². The molecule has 0 aliphatic carbocycles. The largest absolute Gasteiger partial charge is 0.396 e. The third-order valence-corrected chi connectivity index (χ3v) is 4.10. The second kappa shape index (κ2) is 7.68. The Morgan fingerprint density at radius 3 is 2.65 bits per heavy atom. The van der Waals surface area contributed by atoms with Gasteiger partial charge in [-0.2, -0.15) is 5.26 Å². The zero-order valence-electron chi connectivity index (χ0n) is 12.7. The van der Waals surface area contributed by atoms with Gasteiger partial charge in [0.1, 0.15) is 6.07 Å². The van der Waals surface area contributed by atoms with Crippen LogP contribution in [0.5, 0.6) is 0 Å². The Bertz CT molecular complexity index is 474. The van der Waals surface area contributed by atoms with E-state index in [2.05, 4.69) is 45.1 Å². The monoisotopic (exact) mass is 292 g/mol. The van der Waals surface area contributed by atoms with Gasteiger partial charge in [0.25, 0.3) is 0 Å². The molecule has 0 bridgehead atoms. The summed E-state index contributed by atoms with van der Waals surface area (Å²) in [6, 6.07) is 8.29. The first-order valence-corrected chi connectivity index (χ1v) is 7.79. The highest BCUT2D eigenvalue weighted by Crippen LogP contribution is 2.28. The molecule has 3 nitrogen and oxygen atoms in total. The Labute approximate surface area is 126 Å². The van der Waals surface area contributed by atoms with E-state index in [1.54, 1.807) is 11.8 Å². The molecule has 110 valence electrons. The number of rotatable bonds is 6. The van der Waals surface area contributed by atoms with Crippen LogP contribution in [-0.2, 0) is 6.54 Å². The summed E-state index contributed by atoms with van der Waals surface area (Å²) in [5, 5.41) is 22.0. The maximum Gasteiger partial charge on any atom is 0.100 e. The van der Waals surface area contributed by atoms with Gasteiger partial charge >= 0.3 is 0 Å². The molecule has 0 saturated heterocycles. The normalized spacial score (nSPS) is 13.0. The summed E-state index contributed by atoms with van der Waals surface area (Å²) < 4.78 is 0. The number of benzene rings is 1. The van der Waals surface area contributed by atoms with Crippen LogP contribution in [0.15, 0.2) is 23.1 Å². The van der Waals surface area contributed by atoms with E-state index in [9.17, 15) is 5.26 Å². The van der Waals surface area contributed by atoms with Crippen molar-refractivity contribution >= 4 is 11.8 Å². The zero-order chi connectivity index (χ0) is 15.2. The first-order chi connectivity index (χ1) is 9.35. The third kappa shape index (κ3) is 5.96. The summed E-state index contributed by atoms with van der Waals surface area (Å²) in [5.41, 5.74) is 1.90. The molecule has 1 atom stereocenters. The predicted octanol–water partition coefficient (Wildman–Crippen LogP) is 3.31. The summed E-state index contributed by atoms with van der Waals surface area (Å²) in [5.74, 6) is 0. The second-order valence-electron chi connectivity index (χ2n) is 5.99. The van der Waals surface area contributed by atoms with Crippen molar-refractivity contribution in [2.24, 2.45) is 0 Å². The molecule has 0 heterocycles. The van der Waals surface area contributed by atoms with E-state index in [-0.39, 0.29) is 12.1 Å². The summed E-state index contributed by atoms with van der Waals surface area (Å²) in [6.07, 6.45) is 0.739. The molecule has 0 aliphatic heterocycles. The van der Waals surface area contributed by atoms with Crippen LogP contribution in [0.1, 0.15) is 45.2 Å². The molecular formula is C16H24N2OS. The van der Waals surface area contributed by atoms with E-state index in [0.29, 0.717) is 10.8 Å². The van der Waals surface area contributed by atoms with Crippen LogP contribution in [0.25, 0.3) is 0 Å². The second-order valence-corrected chi connectivity index (χ2v) is 7.47. The maximum absolute atomic E-state index is 9.28. The maximum atomic E-state index is 9.28. The fourth-order valence-electron chi connectivity index (χ4n) is 1.70. The molecule has 0 aromatic heterocycles. The third-order valence-electron chi connectivity index (χ3n) is 2.85. The van der Waals surface area contributed by atoms with E-state index in [4.69, 9.17) is 5.11 Å². The van der Waals surface area contributed by atoms with E-state index in [1.807, 2.05) is 12.1 Å². The quantitative estimate of drug-likeness (QED) is 0.790. The molecule has 0 aliphatic rings. The van der Waals surface area contributed by atoms with Crippen molar-refractivity contribution in [1.82, 2.24) is 5.32 Å². The molecule has 1 unspecified atom stereocenters. The fraction of sp³-hybridized carbons (Fsp3) is 0.562. The molecule has 20 heavy (non-hydrogen) atoms. The van der Waals surface area contributed by atoms with Crippen LogP contribution in [0.3, 0.4) is 0 Å². The van der Waals surface area contributed by atoms with E-state index in [0.717, 1.165) is 23.4 Å². The van der Waals surface area contributed by atoms with E-state index in [1.165, 1.54) is 0 Å². The summed E-state index contributed by atoms with van der Waals surface area (Å²) in [4.78, 5) is 0.993. The molecule has 0 fully saturated rings. The van der Waals surface area contributed by atoms with Crippen molar-refractivity contribution in [1.29, 1.82) is 5.26 Å². The van der Waals surface area contributed by atoms with E-state index < -0.39 is 0 Å². The lowest BCUT2D eigenvalue weighted by Gasteiger charge is -2.21. The van der Waals surface area contributed by atoms with Gasteiger partial charge in [0.2, 0.25) is 0 Å². The van der Waals surface area contributed by atoms with Crippen LogP contribution in [0.4, 0.5) is 0 Å². The summed E-state index contributed by atoms with van der Waals surface area (Å²) >= 11 is 1.65. The van der Waals surface area contributed by atoms with Gasteiger partial charge < -0.3 is 10.4 Å². The van der Waals surface area contributed by atoms with Gasteiger partial charge in [-0.15, -0.1) is 11.8 Å².